The van der Waals surface area contributed by atoms with Gasteiger partial charge in [0.05, 0.1) is 6.54 Å². The van der Waals surface area contributed by atoms with Gasteiger partial charge in [-0.2, -0.15) is 0 Å². The fourth-order valence-corrected chi connectivity index (χ4v) is 3.35. The van der Waals surface area contributed by atoms with Crippen LogP contribution in [-0.2, 0) is 11.3 Å². The van der Waals surface area contributed by atoms with Crippen molar-refractivity contribution in [3.63, 3.8) is 0 Å². The predicted molar refractivity (Wildman–Crippen MR) is 107 cm³/mol. The molecule has 28 heavy (non-hydrogen) atoms. The number of likely N-dealkylation sites (tertiary alicyclic amines) is 1. The van der Waals surface area contributed by atoms with E-state index >= 15 is 0 Å². The van der Waals surface area contributed by atoms with Gasteiger partial charge in [0.25, 0.3) is 5.91 Å². The van der Waals surface area contributed by atoms with Crippen LogP contribution in [0.25, 0.3) is 0 Å². The summed E-state index contributed by atoms with van der Waals surface area (Å²) in [5.41, 5.74) is 1.54. The number of amides is 2. The van der Waals surface area contributed by atoms with E-state index in [9.17, 15) is 14.0 Å². The summed E-state index contributed by atoms with van der Waals surface area (Å²) in [5, 5.41) is 6.26. The van der Waals surface area contributed by atoms with E-state index in [1.165, 1.54) is 29.8 Å². The minimum absolute atomic E-state index is 0.0960. The van der Waals surface area contributed by atoms with E-state index < -0.39 is 11.7 Å². The van der Waals surface area contributed by atoms with E-state index in [1.807, 2.05) is 24.3 Å². The van der Waals surface area contributed by atoms with Crippen molar-refractivity contribution in [1.82, 2.24) is 15.5 Å². The van der Waals surface area contributed by atoms with E-state index in [4.69, 9.17) is 11.6 Å². The fraction of sp³-hybridized carbons (Fsp3) is 0.333. The van der Waals surface area contributed by atoms with Crippen molar-refractivity contribution in [2.24, 2.45) is 0 Å². The quantitative estimate of drug-likeness (QED) is 0.779. The van der Waals surface area contributed by atoms with Crippen LogP contribution in [0.2, 0.25) is 5.02 Å². The number of hydrogen-bond acceptors (Lipinski definition) is 3. The molecule has 2 N–H and O–H groups in total. The van der Waals surface area contributed by atoms with E-state index in [-0.39, 0.29) is 18.5 Å². The molecule has 2 amide bonds. The summed E-state index contributed by atoms with van der Waals surface area (Å²) < 4.78 is 12.9. The van der Waals surface area contributed by atoms with Gasteiger partial charge in [0.2, 0.25) is 5.91 Å². The second kappa shape index (κ2) is 9.66. The van der Waals surface area contributed by atoms with Crippen LogP contribution in [0.4, 0.5) is 4.39 Å². The van der Waals surface area contributed by atoms with Gasteiger partial charge in [0.1, 0.15) is 5.82 Å². The van der Waals surface area contributed by atoms with Crippen molar-refractivity contribution in [2.75, 3.05) is 19.6 Å². The summed E-state index contributed by atoms with van der Waals surface area (Å²) in [6, 6.07) is 13.2. The van der Waals surface area contributed by atoms with Gasteiger partial charge >= 0.3 is 0 Å². The first-order valence-electron chi connectivity index (χ1n) is 9.29. The first kappa shape index (κ1) is 20.3. The molecule has 2 aromatic carbocycles. The van der Waals surface area contributed by atoms with E-state index in [2.05, 4.69) is 15.5 Å². The Kier molecular flexibility index (Phi) is 7.01. The Morgan fingerprint density at radius 2 is 1.68 bits per heavy atom. The van der Waals surface area contributed by atoms with Gasteiger partial charge in [-0.1, -0.05) is 23.7 Å². The topological polar surface area (TPSA) is 61.4 Å². The minimum Gasteiger partial charge on any atom is -0.352 e. The van der Waals surface area contributed by atoms with Gasteiger partial charge in [0, 0.05) is 36.3 Å². The molecular weight excluding hydrogens is 381 g/mol. The maximum atomic E-state index is 12.9. The monoisotopic (exact) mass is 403 g/mol. The highest BCUT2D eigenvalue weighted by Crippen LogP contribution is 2.16. The highest BCUT2D eigenvalue weighted by Gasteiger charge is 2.21. The fourth-order valence-electron chi connectivity index (χ4n) is 3.23. The molecule has 5 nitrogen and oxygen atoms in total. The molecule has 0 aromatic heterocycles. The molecule has 7 heteroatoms. The van der Waals surface area contributed by atoms with Crippen LogP contribution >= 0.6 is 11.6 Å². The number of carbonyl (C=O) groups is 2. The second-order valence-electron chi connectivity index (χ2n) is 6.93. The summed E-state index contributed by atoms with van der Waals surface area (Å²) in [5.74, 6) is -1.02. The van der Waals surface area contributed by atoms with Crippen LogP contribution in [0.5, 0.6) is 0 Å². The predicted octanol–water partition coefficient (Wildman–Crippen LogP) is 2.99. The Morgan fingerprint density at radius 3 is 2.32 bits per heavy atom. The van der Waals surface area contributed by atoms with E-state index in [1.54, 1.807) is 0 Å². The van der Waals surface area contributed by atoms with E-state index in [0.717, 1.165) is 37.5 Å². The summed E-state index contributed by atoms with van der Waals surface area (Å²) in [7, 11) is 0. The third kappa shape index (κ3) is 6.04. The second-order valence-corrected chi connectivity index (χ2v) is 7.37. The normalized spacial score (nSPS) is 15.2. The number of hydrogen-bond donors (Lipinski definition) is 2. The molecule has 0 aliphatic carbocycles. The largest absolute Gasteiger partial charge is 0.352 e. The van der Waals surface area contributed by atoms with Crippen molar-refractivity contribution in [3.8, 4) is 0 Å². The van der Waals surface area contributed by atoms with Crippen LogP contribution in [-0.4, -0.2) is 42.4 Å². The van der Waals surface area contributed by atoms with Crippen molar-refractivity contribution in [1.29, 1.82) is 0 Å². The lowest BCUT2D eigenvalue weighted by molar-refractivity contribution is -0.121. The molecule has 2 aromatic rings. The summed E-state index contributed by atoms with van der Waals surface area (Å²) in [4.78, 5) is 26.4. The van der Waals surface area contributed by atoms with Gasteiger partial charge in [-0.25, -0.2) is 4.39 Å². The van der Waals surface area contributed by atoms with Gasteiger partial charge in [-0.3, -0.25) is 14.5 Å². The number of nitrogens with one attached hydrogen (secondary N) is 2. The lowest BCUT2D eigenvalue weighted by Gasteiger charge is -2.32. The molecular formula is C21H23ClFN3O2. The van der Waals surface area contributed by atoms with Crippen LogP contribution in [0.3, 0.4) is 0 Å². The van der Waals surface area contributed by atoms with Crippen LogP contribution in [0.15, 0.2) is 48.5 Å². The molecule has 0 spiro atoms. The average Bonchev–Trinajstić information content (AvgIpc) is 2.70. The number of nitrogens with zero attached hydrogens (tertiary/aromatic N) is 1. The summed E-state index contributed by atoms with van der Waals surface area (Å²) in [6.07, 6.45) is 1.73. The number of piperidine rings is 1. The lowest BCUT2D eigenvalue weighted by atomic mass is 10.0. The SMILES string of the molecule is O=C(CNC(=O)c1ccc(F)cc1)NC1CCN(Cc2ccc(Cl)cc2)CC1. The lowest BCUT2D eigenvalue weighted by Crippen LogP contribution is -2.47. The third-order valence-corrected chi connectivity index (χ3v) is 5.04. The van der Waals surface area contributed by atoms with Crippen molar-refractivity contribution < 1.29 is 14.0 Å². The first-order chi connectivity index (χ1) is 13.5. The number of rotatable bonds is 6. The molecule has 0 unspecified atom stereocenters. The molecule has 0 bridgehead atoms. The molecule has 1 fully saturated rings. The van der Waals surface area contributed by atoms with Crippen LogP contribution < -0.4 is 10.6 Å². The molecule has 1 aliphatic rings. The van der Waals surface area contributed by atoms with Gasteiger partial charge in [0.15, 0.2) is 0 Å². The highest BCUT2D eigenvalue weighted by atomic mass is 35.5. The zero-order valence-electron chi connectivity index (χ0n) is 15.5. The maximum Gasteiger partial charge on any atom is 0.251 e. The van der Waals surface area contributed by atoms with Crippen molar-refractivity contribution >= 4 is 23.4 Å². The van der Waals surface area contributed by atoms with E-state index in [0.29, 0.717) is 5.56 Å². The first-order valence-corrected chi connectivity index (χ1v) is 9.67. The zero-order chi connectivity index (χ0) is 19.9. The van der Waals surface area contributed by atoms with Gasteiger partial charge < -0.3 is 10.6 Å². The molecule has 1 saturated heterocycles. The summed E-state index contributed by atoms with van der Waals surface area (Å²) in [6.45, 7) is 2.57. The van der Waals surface area contributed by atoms with Crippen LogP contribution in [0, 0.1) is 5.82 Å². The minimum atomic E-state index is -0.406. The molecule has 3 rings (SSSR count). The number of carbonyl (C=O) groups excluding carboxylic acids is 2. The Balaban J connectivity index is 1.37. The average molecular weight is 404 g/mol. The molecule has 0 atom stereocenters. The van der Waals surface area contributed by atoms with Crippen molar-refractivity contribution in [2.45, 2.75) is 25.4 Å². The Bertz CT molecular complexity index is 803. The van der Waals surface area contributed by atoms with Crippen LogP contribution in [0.1, 0.15) is 28.8 Å². The number of benzene rings is 2. The zero-order valence-corrected chi connectivity index (χ0v) is 16.2. The molecule has 148 valence electrons. The highest BCUT2D eigenvalue weighted by molar-refractivity contribution is 6.30. The van der Waals surface area contributed by atoms with Crippen molar-refractivity contribution in [3.05, 3.63) is 70.5 Å². The molecule has 1 aliphatic heterocycles. The summed E-state index contributed by atoms with van der Waals surface area (Å²) >= 11 is 5.91. The molecule has 0 saturated carbocycles. The number of halogens is 2. The standard InChI is InChI=1S/C21H23ClFN3O2/c22-17-5-1-15(2-6-17)14-26-11-9-19(10-12-26)25-20(27)13-24-21(28)16-3-7-18(23)8-4-16/h1-8,19H,9-14H2,(H,24,28)(H,25,27). The molecule has 0 radical (unpaired) electrons. The maximum absolute atomic E-state index is 12.9. The Hall–Kier alpha value is -2.44. The van der Waals surface area contributed by atoms with Gasteiger partial charge in [-0.15, -0.1) is 0 Å². The van der Waals surface area contributed by atoms with Gasteiger partial charge in [-0.05, 0) is 54.8 Å². The Labute approximate surface area is 168 Å². The smallest absolute Gasteiger partial charge is 0.251 e. The third-order valence-electron chi connectivity index (χ3n) is 4.79. The Morgan fingerprint density at radius 1 is 1.04 bits per heavy atom. The molecule has 1 heterocycles.